The molecule has 0 spiro atoms. The van der Waals surface area contributed by atoms with Crippen LogP contribution in [0.1, 0.15) is 5.56 Å². The monoisotopic (exact) mass is 425 g/mol. The number of halogens is 2. The van der Waals surface area contributed by atoms with E-state index in [4.69, 9.17) is 4.42 Å². The molecule has 2 aromatic carbocycles. The molecule has 0 saturated heterocycles. The van der Waals surface area contributed by atoms with Crippen LogP contribution in [0.15, 0.2) is 61.2 Å². The summed E-state index contributed by atoms with van der Waals surface area (Å²) < 4.78 is 44.3. The van der Waals surface area contributed by atoms with Crippen molar-refractivity contribution in [1.82, 2.24) is 4.57 Å². The van der Waals surface area contributed by atoms with Gasteiger partial charge in [-0.1, -0.05) is 28.1 Å². The Labute approximate surface area is 151 Å². The Hall–Kier alpha value is -2.19. The van der Waals surface area contributed by atoms with Crippen LogP contribution in [-0.2, 0) is 9.84 Å². The predicted molar refractivity (Wildman–Crippen MR) is 95.2 cm³/mol. The topological polar surface area (TPSA) is 69.3 Å². The molecular weight excluding hydrogens is 413 g/mol. The Bertz CT molecular complexity index is 1130. The van der Waals surface area contributed by atoms with Gasteiger partial charge in [-0.3, -0.25) is 0 Å². The summed E-state index contributed by atoms with van der Waals surface area (Å²) in [5.41, 5.74) is 2.18. The van der Waals surface area contributed by atoms with Gasteiger partial charge in [0.05, 0.1) is 11.4 Å². The molecule has 0 amide bonds. The molecule has 25 heavy (non-hydrogen) atoms. The maximum absolute atomic E-state index is 14.2. The quantitative estimate of drug-likeness (QED) is 0.641. The lowest BCUT2D eigenvalue weighted by molar-refractivity contribution is 0.504. The summed E-state index contributed by atoms with van der Waals surface area (Å²) in [6, 6.07) is 8.99. The third-order valence-corrected chi connectivity index (χ3v) is 5.72. The van der Waals surface area contributed by atoms with Crippen LogP contribution in [0.4, 0.5) is 4.39 Å². The molecule has 0 saturated carbocycles. The highest BCUT2D eigenvalue weighted by Gasteiger charge is 2.18. The molecule has 0 aliphatic rings. The van der Waals surface area contributed by atoms with E-state index in [1.165, 1.54) is 23.0 Å². The van der Waals surface area contributed by atoms with Gasteiger partial charge < -0.3 is 4.42 Å². The lowest BCUT2D eigenvalue weighted by Crippen LogP contribution is -2.13. The van der Waals surface area contributed by atoms with Gasteiger partial charge in [0.1, 0.15) is 17.0 Å². The number of hydrogen-bond acceptors (Lipinski definition) is 4. The van der Waals surface area contributed by atoms with Gasteiger partial charge in [-0.2, -0.15) is 0 Å². The lowest BCUT2D eigenvalue weighted by Gasteiger charge is -2.09. The smallest absolute Gasteiger partial charge is 0.415 e. The minimum absolute atomic E-state index is 0.319. The Morgan fingerprint density at radius 3 is 2.48 bits per heavy atom. The van der Waals surface area contributed by atoms with E-state index >= 15 is 0 Å². The maximum atomic E-state index is 14.2. The van der Waals surface area contributed by atoms with E-state index in [2.05, 4.69) is 15.9 Å². The molecule has 8 heteroatoms. The Kier molecular flexibility index (Phi) is 4.42. The first-order valence-corrected chi connectivity index (χ1v) is 9.84. The van der Waals surface area contributed by atoms with Crippen molar-refractivity contribution in [1.29, 1.82) is 0 Å². The molecule has 1 aromatic heterocycles. The van der Waals surface area contributed by atoms with Gasteiger partial charge in [-0.05, 0) is 36.8 Å². The molecule has 130 valence electrons. The summed E-state index contributed by atoms with van der Waals surface area (Å²) in [5.74, 6) is -1.51. The first-order valence-electron chi connectivity index (χ1n) is 7.15. The summed E-state index contributed by atoms with van der Waals surface area (Å²) in [5, 5.41) is 0. The van der Waals surface area contributed by atoms with E-state index in [1.54, 1.807) is 12.1 Å². The van der Waals surface area contributed by atoms with Crippen molar-refractivity contribution in [3.05, 3.63) is 69.1 Å². The van der Waals surface area contributed by atoms with Crippen molar-refractivity contribution < 1.29 is 17.2 Å². The molecule has 0 atom stereocenters. The minimum Gasteiger partial charge on any atom is -0.415 e. The highest BCUT2D eigenvalue weighted by atomic mass is 79.9. The zero-order valence-electron chi connectivity index (χ0n) is 13.3. The van der Waals surface area contributed by atoms with Gasteiger partial charge in [-0.15, -0.1) is 0 Å². The van der Waals surface area contributed by atoms with E-state index in [0.29, 0.717) is 16.9 Å². The minimum atomic E-state index is -3.67. The fourth-order valence-electron chi connectivity index (χ4n) is 2.43. The Morgan fingerprint density at radius 1 is 1.16 bits per heavy atom. The van der Waals surface area contributed by atoms with E-state index in [-0.39, 0.29) is 0 Å². The number of benzene rings is 2. The van der Waals surface area contributed by atoms with Crippen molar-refractivity contribution in [2.45, 2.75) is 11.8 Å². The number of oxazole rings is 1. The molecule has 1 heterocycles. The highest BCUT2D eigenvalue weighted by Crippen LogP contribution is 2.27. The van der Waals surface area contributed by atoms with Crippen LogP contribution < -0.4 is 5.76 Å². The fraction of sp³-hybridized carbons (Fsp3) is 0.118. The Morgan fingerprint density at radius 2 is 1.88 bits per heavy atom. The first kappa shape index (κ1) is 17.6. The van der Waals surface area contributed by atoms with Crippen LogP contribution >= 0.6 is 15.9 Å². The largest absolute Gasteiger partial charge is 0.424 e. The second-order valence-electron chi connectivity index (χ2n) is 5.57. The summed E-state index contributed by atoms with van der Waals surface area (Å²) >= 11 is 3.41. The first-order chi connectivity index (χ1) is 11.7. The summed E-state index contributed by atoms with van der Waals surface area (Å²) in [7, 11) is -3.67. The molecule has 0 aliphatic heterocycles. The van der Waals surface area contributed by atoms with Crippen LogP contribution in [0.25, 0.3) is 16.9 Å². The number of rotatable bonds is 3. The number of aryl methyl sites for hydroxylation is 1. The summed E-state index contributed by atoms with van der Waals surface area (Å²) in [6.07, 6.45) is 2.15. The highest BCUT2D eigenvalue weighted by molar-refractivity contribution is 9.10. The molecule has 0 bridgehead atoms. The van der Waals surface area contributed by atoms with Crippen LogP contribution in [0.5, 0.6) is 0 Å². The molecule has 5 nitrogen and oxygen atoms in total. The standard InChI is InChI=1S/C17H13BrFNO4S/c1-10-3-5-12(8-13(10)18)20-15(9-24-17(20)21)11-4-6-16(14(19)7-11)25(2,22)23/h3-9H,1-2H3. The van der Waals surface area contributed by atoms with E-state index in [9.17, 15) is 17.6 Å². The van der Waals surface area contributed by atoms with E-state index in [0.717, 1.165) is 22.4 Å². The van der Waals surface area contributed by atoms with Crippen LogP contribution in [0, 0.1) is 12.7 Å². The van der Waals surface area contributed by atoms with Gasteiger partial charge in [-0.25, -0.2) is 22.2 Å². The van der Waals surface area contributed by atoms with Crippen LogP contribution in [0.2, 0.25) is 0 Å². The summed E-state index contributed by atoms with van der Waals surface area (Å²) in [6.45, 7) is 1.91. The zero-order chi connectivity index (χ0) is 18.4. The second kappa shape index (κ2) is 6.27. The van der Waals surface area contributed by atoms with Crippen LogP contribution in [-0.4, -0.2) is 19.2 Å². The van der Waals surface area contributed by atoms with Crippen molar-refractivity contribution in [3.8, 4) is 16.9 Å². The third kappa shape index (κ3) is 3.32. The lowest BCUT2D eigenvalue weighted by atomic mass is 10.1. The average molecular weight is 426 g/mol. The molecule has 0 aliphatic carbocycles. The molecule has 3 aromatic rings. The third-order valence-electron chi connectivity index (χ3n) is 3.74. The molecule has 0 N–H and O–H groups in total. The predicted octanol–water partition coefficient (Wildman–Crippen LogP) is 3.71. The zero-order valence-corrected chi connectivity index (χ0v) is 15.7. The van der Waals surface area contributed by atoms with Gasteiger partial charge in [0.25, 0.3) is 0 Å². The van der Waals surface area contributed by atoms with E-state index < -0.39 is 26.3 Å². The molecule has 0 fully saturated rings. The molecule has 3 rings (SSSR count). The van der Waals surface area contributed by atoms with E-state index in [1.807, 2.05) is 13.0 Å². The van der Waals surface area contributed by atoms with Gasteiger partial charge in [0.15, 0.2) is 9.84 Å². The normalized spacial score (nSPS) is 11.7. The van der Waals surface area contributed by atoms with Crippen LogP contribution in [0.3, 0.4) is 0 Å². The number of nitrogens with zero attached hydrogens (tertiary/aromatic N) is 1. The Balaban J connectivity index is 2.19. The molecule has 0 unspecified atom stereocenters. The second-order valence-corrected chi connectivity index (χ2v) is 8.41. The number of aromatic nitrogens is 1. The van der Waals surface area contributed by atoms with Crippen molar-refractivity contribution >= 4 is 25.8 Å². The number of hydrogen-bond donors (Lipinski definition) is 0. The van der Waals surface area contributed by atoms with Crippen molar-refractivity contribution in [2.75, 3.05) is 6.26 Å². The van der Waals surface area contributed by atoms with Gasteiger partial charge in [0, 0.05) is 16.3 Å². The average Bonchev–Trinajstić information content (AvgIpc) is 2.90. The SMILES string of the molecule is Cc1ccc(-n2c(-c3ccc(S(C)(=O)=O)c(F)c3)coc2=O)cc1Br. The summed E-state index contributed by atoms with van der Waals surface area (Å²) in [4.78, 5) is 11.7. The number of sulfone groups is 1. The van der Waals surface area contributed by atoms with Gasteiger partial charge >= 0.3 is 5.76 Å². The van der Waals surface area contributed by atoms with Crippen molar-refractivity contribution in [2.24, 2.45) is 0 Å². The molecule has 0 radical (unpaired) electrons. The fourth-order valence-corrected chi connectivity index (χ4v) is 3.53. The maximum Gasteiger partial charge on any atom is 0.424 e. The molecular formula is C17H13BrFNO4S. The van der Waals surface area contributed by atoms with Gasteiger partial charge in [0.2, 0.25) is 0 Å². The van der Waals surface area contributed by atoms with Crippen molar-refractivity contribution in [3.63, 3.8) is 0 Å².